The van der Waals surface area contributed by atoms with Gasteiger partial charge in [0.2, 0.25) is 0 Å². The Labute approximate surface area is 89.1 Å². The molecule has 5 heteroatoms. The second-order valence-electron chi connectivity index (χ2n) is 3.79. The van der Waals surface area contributed by atoms with E-state index in [1.165, 1.54) is 12.6 Å². The first-order valence-electron chi connectivity index (χ1n) is 5.24. The molecule has 0 saturated carbocycles. The molecule has 1 aromatic heterocycles. The zero-order chi connectivity index (χ0) is 10.5. The van der Waals surface area contributed by atoms with Crippen molar-refractivity contribution in [1.82, 2.24) is 9.97 Å². The van der Waals surface area contributed by atoms with Crippen LogP contribution in [0, 0.1) is 5.92 Å². The third kappa shape index (κ3) is 3.06. The van der Waals surface area contributed by atoms with Gasteiger partial charge in [-0.2, -0.15) is 0 Å². The number of rotatable bonds is 3. The van der Waals surface area contributed by atoms with Gasteiger partial charge in [0.15, 0.2) is 0 Å². The van der Waals surface area contributed by atoms with Gasteiger partial charge in [0, 0.05) is 13.2 Å². The van der Waals surface area contributed by atoms with Gasteiger partial charge in [-0.3, -0.25) is 4.98 Å². The van der Waals surface area contributed by atoms with Crippen LogP contribution in [-0.2, 0) is 4.74 Å². The van der Waals surface area contributed by atoms with E-state index in [0.717, 1.165) is 32.0 Å². The van der Waals surface area contributed by atoms with Crippen LogP contribution in [0.15, 0.2) is 12.4 Å². The summed E-state index contributed by atoms with van der Waals surface area (Å²) in [5, 5.41) is 3.22. The predicted octanol–water partition coefficient (Wildman–Crippen LogP) is 0.897. The van der Waals surface area contributed by atoms with Crippen LogP contribution in [0.25, 0.3) is 0 Å². The Morgan fingerprint density at radius 2 is 2.47 bits per heavy atom. The summed E-state index contributed by atoms with van der Waals surface area (Å²) >= 11 is 0. The topological polar surface area (TPSA) is 73.1 Å². The van der Waals surface area contributed by atoms with E-state index in [2.05, 4.69) is 15.3 Å². The maximum Gasteiger partial charge on any atom is 0.146 e. The Bertz CT molecular complexity index is 312. The maximum absolute atomic E-state index is 5.53. The molecule has 0 radical (unpaired) electrons. The molecule has 0 spiro atoms. The van der Waals surface area contributed by atoms with E-state index in [4.69, 9.17) is 10.5 Å². The Kier molecular flexibility index (Phi) is 3.34. The molecule has 2 heterocycles. The van der Waals surface area contributed by atoms with Gasteiger partial charge < -0.3 is 15.8 Å². The van der Waals surface area contributed by atoms with Crippen molar-refractivity contribution in [2.75, 3.05) is 30.8 Å². The molecular weight excluding hydrogens is 192 g/mol. The second kappa shape index (κ2) is 4.93. The number of hydrogen-bond donors (Lipinski definition) is 2. The Morgan fingerprint density at radius 1 is 1.53 bits per heavy atom. The average Bonchev–Trinajstić information content (AvgIpc) is 2.28. The van der Waals surface area contributed by atoms with Crippen molar-refractivity contribution >= 4 is 11.6 Å². The van der Waals surface area contributed by atoms with Crippen LogP contribution in [0.5, 0.6) is 0 Å². The normalized spacial score (nSPS) is 21.2. The molecule has 0 amide bonds. The average molecular weight is 208 g/mol. The van der Waals surface area contributed by atoms with Gasteiger partial charge in [0.25, 0.3) is 0 Å². The molecule has 2 rings (SSSR count). The zero-order valence-electron chi connectivity index (χ0n) is 8.65. The van der Waals surface area contributed by atoms with Crippen molar-refractivity contribution < 1.29 is 4.74 Å². The molecular formula is C10H16N4O. The van der Waals surface area contributed by atoms with Crippen LogP contribution >= 0.6 is 0 Å². The first-order valence-corrected chi connectivity index (χ1v) is 5.24. The lowest BCUT2D eigenvalue weighted by atomic mass is 10.0. The molecule has 5 nitrogen and oxygen atoms in total. The third-order valence-electron chi connectivity index (χ3n) is 2.48. The van der Waals surface area contributed by atoms with Gasteiger partial charge in [0.05, 0.1) is 19.0 Å². The van der Waals surface area contributed by atoms with Crippen LogP contribution < -0.4 is 11.1 Å². The van der Waals surface area contributed by atoms with Gasteiger partial charge in [-0.25, -0.2) is 4.98 Å². The number of nitrogens with zero attached hydrogens (tertiary/aromatic N) is 2. The fourth-order valence-electron chi connectivity index (χ4n) is 1.68. The summed E-state index contributed by atoms with van der Waals surface area (Å²) in [7, 11) is 0. The van der Waals surface area contributed by atoms with Gasteiger partial charge in [-0.15, -0.1) is 0 Å². The Morgan fingerprint density at radius 3 is 3.20 bits per heavy atom. The van der Waals surface area contributed by atoms with Crippen LogP contribution in [-0.4, -0.2) is 29.7 Å². The summed E-state index contributed by atoms with van der Waals surface area (Å²) in [6.07, 6.45) is 5.58. The molecule has 1 fully saturated rings. The SMILES string of the molecule is Nc1cncc(NCC2CCCOC2)n1. The largest absolute Gasteiger partial charge is 0.382 e. The maximum atomic E-state index is 5.53. The summed E-state index contributed by atoms with van der Waals surface area (Å²) < 4.78 is 5.39. The summed E-state index contributed by atoms with van der Waals surface area (Å²) in [5.74, 6) is 1.75. The van der Waals surface area contributed by atoms with E-state index in [1.807, 2.05) is 0 Å². The van der Waals surface area contributed by atoms with E-state index in [1.54, 1.807) is 6.20 Å². The molecule has 1 aromatic rings. The number of anilines is 2. The van der Waals surface area contributed by atoms with Crippen molar-refractivity contribution in [2.45, 2.75) is 12.8 Å². The van der Waals surface area contributed by atoms with Crippen LogP contribution in [0.1, 0.15) is 12.8 Å². The molecule has 15 heavy (non-hydrogen) atoms. The van der Waals surface area contributed by atoms with Gasteiger partial charge in [0.1, 0.15) is 11.6 Å². The lowest BCUT2D eigenvalue weighted by Gasteiger charge is -2.22. The molecule has 1 unspecified atom stereocenters. The van der Waals surface area contributed by atoms with Gasteiger partial charge >= 0.3 is 0 Å². The summed E-state index contributed by atoms with van der Waals surface area (Å²) in [5.41, 5.74) is 5.53. The minimum Gasteiger partial charge on any atom is -0.382 e. The number of aromatic nitrogens is 2. The fraction of sp³-hybridized carbons (Fsp3) is 0.600. The zero-order valence-corrected chi connectivity index (χ0v) is 8.65. The standard InChI is InChI=1S/C10H16N4O/c11-9-5-12-6-10(14-9)13-4-8-2-1-3-15-7-8/h5-6,8H,1-4,7H2,(H3,11,13,14). The van der Waals surface area contributed by atoms with Crippen molar-refractivity contribution in [3.05, 3.63) is 12.4 Å². The molecule has 3 N–H and O–H groups in total. The van der Waals surface area contributed by atoms with E-state index >= 15 is 0 Å². The van der Waals surface area contributed by atoms with E-state index in [9.17, 15) is 0 Å². The smallest absolute Gasteiger partial charge is 0.146 e. The van der Waals surface area contributed by atoms with Crippen molar-refractivity contribution in [3.8, 4) is 0 Å². The monoisotopic (exact) mass is 208 g/mol. The van der Waals surface area contributed by atoms with E-state index < -0.39 is 0 Å². The highest BCUT2D eigenvalue weighted by atomic mass is 16.5. The molecule has 0 bridgehead atoms. The minimum absolute atomic E-state index is 0.444. The van der Waals surface area contributed by atoms with Crippen molar-refractivity contribution in [2.24, 2.45) is 5.92 Å². The molecule has 82 valence electrons. The van der Waals surface area contributed by atoms with Gasteiger partial charge in [-0.1, -0.05) is 0 Å². The predicted molar refractivity (Wildman–Crippen MR) is 58.5 cm³/mol. The highest BCUT2D eigenvalue weighted by Gasteiger charge is 2.13. The number of nitrogens with two attached hydrogens (primary N) is 1. The molecule has 1 atom stereocenters. The minimum atomic E-state index is 0.444. The molecule has 0 aliphatic carbocycles. The molecule has 1 aliphatic rings. The Hall–Kier alpha value is -1.36. The second-order valence-corrected chi connectivity index (χ2v) is 3.79. The number of nitrogens with one attached hydrogen (secondary N) is 1. The Balaban J connectivity index is 1.81. The van der Waals surface area contributed by atoms with E-state index in [-0.39, 0.29) is 0 Å². The van der Waals surface area contributed by atoms with Crippen LogP contribution in [0.3, 0.4) is 0 Å². The summed E-state index contributed by atoms with van der Waals surface area (Å²) in [6, 6.07) is 0. The molecule has 0 aromatic carbocycles. The fourth-order valence-corrected chi connectivity index (χ4v) is 1.68. The first-order chi connectivity index (χ1) is 7.34. The molecule has 1 aliphatic heterocycles. The lowest BCUT2D eigenvalue weighted by Crippen LogP contribution is -2.24. The van der Waals surface area contributed by atoms with E-state index in [0.29, 0.717) is 11.7 Å². The molecule has 1 saturated heterocycles. The van der Waals surface area contributed by atoms with Gasteiger partial charge in [-0.05, 0) is 18.8 Å². The number of ether oxygens (including phenoxy) is 1. The quantitative estimate of drug-likeness (QED) is 0.772. The van der Waals surface area contributed by atoms with Crippen LogP contribution in [0.4, 0.5) is 11.6 Å². The highest BCUT2D eigenvalue weighted by Crippen LogP contribution is 2.14. The van der Waals surface area contributed by atoms with Crippen molar-refractivity contribution in [3.63, 3.8) is 0 Å². The summed E-state index contributed by atoms with van der Waals surface area (Å²) in [6.45, 7) is 2.61. The third-order valence-corrected chi connectivity index (χ3v) is 2.48. The lowest BCUT2D eigenvalue weighted by molar-refractivity contribution is 0.0595. The number of nitrogen functional groups attached to an aromatic ring is 1. The summed E-state index contributed by atoms with van der Waals surface area (Å²) in [4.78, 5) is 8.09. The first kappa shape index (κ1) is 10.2. The van der Waals surface area contributed by atoms with Crippen molar-refractivity contribution in [1.29, 1.82) is 0 Å². The highest BCUT2D eigenvalue weighted by molar-refractivity contribution is 5.38. The number of hydrogen-bond acceptors (Lipinski definition) is 5. The van der Waals surface area contributed by atoms with Crippen LogP contribution in [0.2, 0.25) is 0 Å².